The van der Waals surface area contributed by atoms with Gasteiger partial charge in [0.25, 0.3) is 0 Å². The van der Waals surface area contributed by atoms with E-state index in [1.165, 1.54) is 0 Å². The van der Waals surface area contributed by atoms with Crippen molar-refractivity contribution in [1.29, 1.82) is 0 Å². The summed E-state index contributed by atoms with van der Waals surface area (Å²) in [7, 11) is 0. The molecule has 19 heavy (non-hydrogen) atoms. The van der Waals surface area contributed by atoms with Gasteiger partial charge < -0.3 is 9.47 Å². The van der Waals surface area contributed by atoms with Gasteiger partial charge in [0.2, 0.25) is 0 Å². The molecule has 0 amide bonds. The topological polar surface area (TPSA) is 18.5 Å². The molecular weight excluding hydrogens is 260 g/mol. The number of ether oxygens (including phenoxy) is 2. The fraction of sp³-hybridized carbons (Fsp3) is 0.250. The molecule has 0 bridgehead atoms. The highest BCUT2D eigenvalue weighted by Crippen LogP contribution is 2.40. The molecule has 2 nitrogen and oxygen atoms in total. The average Bonchev–Trinajstić information content (AvgIpc) is 2.84. The average molecular weight is 275 g/mol. The molecule has 0 aromatic heterocycles. The summed E-state index contributed by atoms with van der Waals surface area (Å²) in [5, 5.41) is 0.713. The predicted octanol–water partition coefficient (Wildman–Crippen LogP) is 4.30. The molecule has 1 heterocycles. The second-order valence-electron chi connectivity index (χ2n) is 4.78. The van der Waals surface area contributed by atoms with Gasteiger partial charge in [0.15, 0.2) is 5.79 Å². The van der Waals surface area contributed by atoms with Gasteiger partial charge in [-0.05, 0) is 24.6 Å². The molecule has 2 atom stereocenters. The van der Waals surface area contributed by atoms with Crippen LogP contribution in [0.15, 0.2) is 54.6 Å². The third-order valence-corrected chi connectivity index (χ3v) is 3.67. The first-order chi connectivity index (χ1) is 9.17. The lowest BCUT2D eigenvalue weighted by Crippen LogP contribution is -2.22. The second-order valence-corrected chi connectivity index (χ2v) is 5.22. The van der Waals surface area contributed by atoms with E-state index in [1.807, 2.05) is 49.4 Å². The molecule has 1 saturated heterocycles. The minimum Gasteiger partial charge on any atom is -0.343 e. The van der Waals surface area contributed by atoms with Gasteiger partial charge in [-0.15, -0.1) is 0 Å². The molecule has 2 aromatic rings. The van der Waals surface area contributed by atoms with Crippen LogP contribution in [0.3, 0.4) is 0 Å². The maximum Gasteiger partial charge on any atom is 0.192 e. The van der Waals surface area contributed by atoms with Gasteiger partial charge in [-0.2, -0.15) is 0 Å². The Labute approximate surface area is 117 Å². The van der Waals surface area contributed by atoms with Crippen LogP contribution >= 0.6 is 11.6 Å². The quantitative estimate of drug-likeness (QED) is 0.813. The van der Waals surface area contributed by atoms with Crippen LogP contribution in [0.5, 0.6) is 0 Å². The van der Waals surface area contributed by atoms with E-state index < -0.39 is 5.79 Å². The second kappa shape index (κ2) is 4.97. The van der Waals surface area contributed by atoms with Gasteiger partial charge in [0, 0.05) is 10.6 Å². The van der Waals surface area contributed by atoms with Crippen LogP contribution in [0.4, 0.5) is 0 Å². The van der Waals surface area contributed by atoms with Crippen LogP contribution in [0, 0.1) is 0 Å². The van der Waals surface area contributed by atoms with Crippen LogP contribution in [0.1, 0.15) is 24.2 Å². The maximum atomic E-state index is 6.10. The van der Waals surface area contributed by atoms with Gasteiger partial charge in [0.1, 0.15) is 6.10 Å². The molecule has 1 fully saturated rings. The third kappa shape index (κ3) is 2.52. The fourth-order valence-corrected chi connectivity index (χ4v) is 2.44. The van der Waals surface area contributed by atoms with E-state index in [0.717, 1.165) is 11.1 Å². The summed E-state index contributed by atoms with van der Waals surface area (Å²) in [4.78, 5) is 0. The molecule has 1 aliphatic heterocycles. The van der Waals surface area contributed by atoms with Crippen molar-refractivity contribution < 1.29 is 9.47 Å². The summed E-state index contributed by atoms with van der Waals surface area (Å²) in [6.45, 7) is 2.50. The van der Waals surface area contributed by atoms with Gasteiger partial charge in [-0.1, -0.05) is 54.1 Å². The highest BCUT2D eigenvalue weighted by atomic mass is 35.5. The van der Waals surface area contributed by atoms with E-state index in [0.29, 0.717) is 11.6 Å². The van der Waals surface area contributed by atoms with E-state index in [9.17, 15) is 0 Å². The highest BCUT2D eigenvalue weighted by molar-refractivity contribution is 6.30. The Morgan fingerprint density at radius 2 is 1.74 bits per heavy atom. The molecular formula is C16H15ClO2. The normalized spacial score (nSPS) is 26.5. The summed E-state index contributed by atoms with van der Waals surface area (Å²) in [5.41, 5.74) is 2.12. The van der Waals surface area contributed by atoms with Crippen molar-refractivity contribution in [3.8, 4) is 0 Å². The van der Waals surface area contributed by atoms with Crippen LogP contribution in [0.25, 0.3) is 0 Å². The zero-order valence-corrected chi connectivity index (χ0v) is 11.4. The van der Waals surface area contributed by atoms with Crippen molar-refractivity contribution in [3.63, 3.8) is 0 Å². The van der Waals surface area contributed by atoms with E-state index in [1.54, 1.807) is 0 Å². The van der Waals surface area contributed by atoms with Crippen LogP contribution in [-0.4, -0.2) is 6.61 Å². The summed E-state index contributed by atoms with van der Waals surface area (Å²) in [6, 6.07) is 17.7. The smallest absolute Gasteiger partial charge is 0.192 e. The molecule has 3 heteroatoms. The van der Waals surface area contributed by atoms with Crippen molar-refractivity contribution >= 4 is 11.6 Å². The summed E-state index contributed by atoms with van der Waals surface area (Å²) in [5.74, 6) is -0.703. The molecule has 1 aliphatic rings. The van der Waals surface area contributed by atoms with Gasteiger partial charge in [-0.3, -0.25) is 0 Å². The van der Waals surface area contributed by atoms with Gasteiger partial charge in [-0.25, -0.2) is 0 Å². The van der Waals surface area contributed by atoms with Crippen molar-refractivity contribution in [3.05, 3.63) is 70.7 Å². The summed E-state index contributed by atoms with van der Waals surface area (Å²) < 4.78 is 12.0. The van der Waals surface area contributed by atoms with Crippen LogP contribution in [-0.2, 0) is 15.3 Å². The lowest BCUT2D eigenvalue weighted by molar-refractivity contribution is -0.162. The molecule has 0 spiro atoms. The van der Waals surface area contributed by atoms with Gasteiger partial charge in [0.05, 0.1) is 6.61 Å². The molecule has 98 valence electrons. The van der Waals surface area contributed by atoms with E-state index in [2.05, 4.69) is 12.1 Å². The first-order valence-electron chi connectivity index (χ1n) is 6.30. The van der Waals surface area contributed by atoms with Crippen LogP contribution in [0.2, 0.25) is 5.02 Å². The number of benzene rings is 2. The fourth-order valence-electron chi connectivity index (χ4n) is 2.31. The van der Waals surface area contributed by atoms with E-state index >= 15 is 0 Å². The molecule has 0 radical (unpaired) electrons. The number of halogens is 1. The maximum absolute atomic E-state index is 6.10. The highest BCUT2D eigenvalue weighted by Gasteiger charge is 2.39. The Morgan fingerprint density at radius 1 is 1.05 bits per heavy atom. The zero-order chi connectivity index (χ0) is 13.3. The SMILES string of the molecule is CC1(c2ccc(Cl)cc2)OCC(c2ccccc2)O1. The molecule has 0 saturated carbocycles. The largest absolute Gasteiger partial charge is 0.343 e. The molecule has 0 N–H and O–H groups in total. The third-order valence-electron chi connectivity index (χ3n) is 3.42. The minimum absolute atomic E-state index is 0.0260. The van der Waals surface area contributed by atoms with E-state index in [-0.39, 0.29) is 6.10 Å². The lowest BCUT2D eigenvalue weighted by atomic mass is 10.1. The minimum atomic E-state index is -0.703. The number of hydrogen-bond acceptors (Lipinski definition) is 2. The molecule has 2 unspecified atom stereocenters. The lowest BCUT2D eigenvalue weighted by Gasteiger charge is -2.24. The van der Waals surface area contributed by atoms with Crippen molar-refractivity contribution in [1.82, 2.24) is 0 Å². The summed E-state index contributed by atoms with van der Waals surface area (Å²) >= 11 is 5.91. The summed E-state index contributed by atoms with van der Waals surface area (Å²) in [6.07, 6.45) is -0.0260. The number of rotatable bonds is 2. The molecule has 0 aliphatic carbocycles. The Bertz CT molecular complexity index is 553. The molecule has 2 aromatic carbocycles. The first kappa shape index (κ1) is 12.7. The zero-order valence-electron chi connectivity index (χ0n) is 10.7. The van der Waals surface area contributed by atoms with Crippen molar-refractivity contribution in [2.24, 2.45) is 0 Å². The van der Waals surface area contributed by atoms with Crippen LogP contribution < -0.4 is 0 Å². The standard InChI is InChI=1S/C16H15ClO2/c1-16(13-7-9-14(17)10-8-13)18-11-15(19-16)12-5-3-2-4-6-12/h2-10,15H,11H2,1H3. The van der Waals surface area contributed by atoms with Gasteiger partial charge >= 0.3 is 0 Å². The van der Waals surface area contributed by atoms with E-state index in [4.69, 9.17) is 21.1 Å². The Balaban J connectivity index is 1.83. The Morgan fingerprint density at radius 3 is 2.42 bits per heavy atom. The Hall–Kier alpha value is -1.35. The predicted molar refractivity (Wildman–Crippen MR) is 75.0 cm³/mol. The van der Waals surface area contributed by atoms with Crippen molar-refractivity contribution in [2.75, 3.05) is 6.61 Å². The van der Waals surface area contributed by atoms with Crippen molar-refractivity contribution in [2.45, 2.75) is 18.8 Å². The Kier molecular flexibility index (Phi) is 3.31. The number of hydrogen-bond donors (Lipinski definition) is 0. The first-order valence-corrected chi connectivity index (χ1v) is 6.68. The monoisotopic (exact) mass is 274 g/mol. The molecule has 3 rings (SSSR count).